The number of hydrogen-bond donors (Lipinski definition) is 2. The Bertz CT molecular complexity index is 494. The molecule has 0 bridgehead atoms. The number of halogens is 1. The van der Waals surface area contributed by atoms with Crippen LogP contribution in [0.2, 0.25) is 0 Å². The van der Waals surface area contributed by atoms with E-state index in [1.807, 2.05) is 0 Å². The number of nitrogens with one attached hydrogen (secondary N) is 1. The van der Waals surface area contributed by atoms with Gasteiger partial charge in [-0.2, -0.15) is 0 Å². The summed E-state index contributed by atoms with van der Waals surface area (Å²) in [5.74, 6) is 0. The molecule has 0 amide bonds. The second kappa shape index (κ2) is 5.36. The molecule has 1 heterocycles. The quantitative estimate of drug-likeness (QED) is 0.861. The van der Waals surface area contributed by atoms with Gasteiger partial charge in [0.15, 0.2) is 0 Å². The molecule has 0 saturated heterocycles. The summed E-state index contributed by atoms with van der Waals surface area (Å²) < 4.78 is 27.4. The molecule has 0 atom stereocenters. The molecule has 0 aliphatic rings. The van der Waals surface area contributed by atoms with Gasteiger partial charge in [0.05, 0.1) is 8.68 Å². The van der Waals surface area contributed by atoms with Crippen molar-refractivity contribution in [2.24, 2.45) is 5.41 Å². The van der Waals surface area contributed by atoms with E-state index in [0.29, 0.717) is 4.90 Å². The standard InChI is InChI=1S/C10H16BrNO3S2/c1-7-8(4-9(11)16-7)17(14,15)12-5-10(2,3)6-13/h4,12-13H,5-6H2,1-3H3. The lowest BCUT2D eigenvalue weighted by Crippen LogP contribution is -2.36. The molecule has 0 unspecified atom stereocenters. The number of aliphatic hydroxyl groups excluding tert-OH is 1. The number of sulfonamides is 1. The van der Waals surface area contributed by atoms with Crippen LogP contribution in [0.1, 0.15) is 18.7 Å². The number of thiophene rings is 1. The molecule has 0 saturated carbocycles. The predicted molar refractivity (Wildman–Crippen MR) is 72.8 cm³/mol. The number of aliphatic hydroxyl groups is 1. The van der Waals surface area contributed by atoms with Crippen LogP contribution in [0.5, 0.6) is 0 Å². The highest BCUT2D eigenvalue weighted by atomic mass is 79.9. The second-order valence-corrected chi connectivity index (χ2v) is 8.99. The molecule has 1 aromatic heterocycles. The van der Waals surface area contributed by atoms with E-state index < -0.39 is 15.4 Å². The third-order valence-corrected chi connectivity index (χ3v) is 5.51. The fraction of sp³-hybridized carbons (Fsp3) is 0.600. The van der Waals surface area contributed by atoms with Crippen LogP contribution in [0, 0.1) is 12.3 Å². The SMILES string of the molecule is Cc1sc(Br)cc1S(=O)(=O)NCC(C)(C)CO. The molecule has 0 aliphatic carbocycles. The summed E-state index contributed by atoms with van der Waals surface area (Å²) in [6, 6.07) is 1.59. The van der Waals surface area contributed by atoms with E-state index in [1.165, 1.54) is 11.3 Å². The van der Waals surface area contributed by atoms with Crippen LogP contribution < -0.4 is 4.72 Å². The Balaban J connectivity index is 2.87. The Labute approximate surface area is 114 Å². The average Bonchev–Trinajstić information content (AvgIpc) is 2.56. The van der Waals surface area contributed by atoms with Crippen LogP contribution in [0.25, 0.3) is 0 Å². The number of rotatable bonds is 5. The Morgan fingerprint density at radius 2 is 2.12 bits per heavy atom. The van der Waals surface area contributed by atoms with Crippen molar-refractivity contribution in [3.8, 4) is 0 Å². The molecule has 17 heavy (non-hydrogen) atoms. The van der Waals surface area contributed by atoms with Gasteiger partial charge in [0.25, 0.3) is 0 Å². The minimum atomic E-state index is -3.49. The second-order valence-electron chi connectivity index (χ2n) is 4.62. The normalized spacial score (nSPS) is 13.0. The first-order chi connectivity index (χ1) is 7.68. The summed E-state index contributed by atoms with van der Waals surface area (Å²) in [6.07, 6.45) is 0. The first kappa shape index (κ1) is 15.1. The molecule has 0 radical (unpaired) electrons. The lowest BCUT2D eigenvalue weighted by molar-refractivity contribution is 0.163. The summed E-state index contributed by atoms with van der Waals surface area (Å²) in [5, 5.41) is 9.08. The molecule has 7 heteroatoms. The van der Waals surface area contributed by atoms with Gasteiger partial charge < -0.3 is 5.11 Å². The zero-order chi connectivity index (χ0) is 13.3. The molecule has 1 aromatic rings. The Morgan fingerprint density at radius 3 is 2.53 bits per heavy atom. The van der Waals surface area contributed by atoms with Crippen LogP contribution in [0.15, 0.2) is 14.7 Å². The van der Waals surface area contributed by atoms with E-state index in [4.69, 9.17) is 5.11 Å². The minimum absolute atomic E-state index is 0.0676. The topological polar surface area (TPSA) is 66.4 Å². The summed E-state index contributed by atoms with van der Waals surface area (Å²) in [6.45, 7) is 5.50. The van der Waals surface area contributed by atoms with Gasteiger partial charge in [-0.1, -0.05) is 13.8 Å². The highest BCUT2D eigenvalue weighted by molar-refractivity contribution is 9.11. The van der Waals surface area contributed by atoms with Crippen LogP contribution in [-0.2, 0) is 10.0 Å². The highest BCUT2D eigenvalue weighted by Gasteiger charge is 2.23. The van der Waals surface area contributed by atoms with E-state index in [-0.39, 0.29) is 13.2 Å². The molecule has 2 N–H and O–H groups in total. The summed E-state index contributed by atoms with van der Waals surface area (Å²) in [7, 11) is -3.49. The van der Waals surface area contributed by atoms with Crippen molar-refractivity contribution in [3.63, 3.8) is 0 Å². The molecule has 0 fully saturated rings. The van der Waals surface area contributed by atoms with Crippen LogP contribution >= 0.6 is 27.3 Å². The van der Waals surface area contributed by atoms with Crippen molar-refractivity contribution >= 4 is 37.3 Å². The van der Waals surface area contributed by atoms with Crippen LogP contribution in [0.3, 0.4) is 0 Å². The van der Waals surface area contributed by atoms with Crippen molar-refractivity contribution in [2.75, 3.05) is 13.2 Å². The Hall–Kier alpha value is 0.0500. The molecule has 0 spiro atoms. The maximum atomic E-state index is 12.0. The highest BCUT2D eigenvalue weighted by Crippen LogP contribution is 2.29. The van der Waals surface area contributed by atoms with Crippen molar-refractivity contribution in [1.82, 2.24) is 4.72 Å². The number of hydrogen-bond acceptors (Lipinski definition) is 4. The predicted octanol–water partition coefficient (Wildman–Crippen LogP) is 2.12. The summed E-state index contributed by atoms with van der Waals surface area (Å²) in [4.78, 5) is 1.04. The van der Waals surface area contributed by atoms with Crippen molar-refractivity contribution in [2.45, 2.75) is 25.7 Å². The molecule has 0 aromatic carbocycles. The van der Waals surface area contributed by atoms with E-state index in [0.717, 1.165) is 8.66 Å². The molecular formula is C10H16BrNO3S2. The monoisotopic (exact) mass is 341 g/mol. The molecule has 4 nitrogen and oxygen atoms in total. The number of aryl methyl sites for hydroxylation is 1. The fourth-order valence-corrected chi connectivity index (χ4v) is 4.78. The zero-order valence-electron chi connectivity index (χ0n) is 9.95. The summed E-state index contributed by atoms with van der Waals surface area (Å²) in [5.41, 5.74) is -0.464. The van der Waals surface area contributed by atoms with E-state index in [9.17, 15) is 8.42 Å². The Morgan fingerprint density at radius 1 is 1.53 bits per heavy atom. The molecule has 0 aliphatic heterocycles. The molecule has 98 valence electrons. The van der Waals surface area contributed by atoms with Gasteiger partial charge in [-0.25, -0.2) is 13.1 Å². The van der Waals surface area contributed by atoms with Gasteiger partial charge in [0.1, 0.15) is 0 Å². The van der Waals surface area contributed by atoms with Crippen molar-refractivity contribution < 1.29 is 13.5 Å². The fourth-order valence-electron chi connectivity index (χ4n) is 1.12. The van der Waals surface area contributed by atoms with Gasteiger partial charge in [0, 0.05) is 23.4 Å². The van der Waals surface area contributed by atoms with Crippen LogP contribution in [-0.4, -0.2) is 26.7 Å². The first-order valence-electron chi connectivity index (χ1n) is 5.04. The van der Waals surface area contributed by atoms with Crippen molar-refractivity contribution in [3.05, 3.63) is 14.7 Å². The maximum absolute atomic E-state index is 12.0. The van der Waals surface area contributed by atoms with Gasteiger partial charge in [0.2, 0.25) is 10.0 Å². The first-order valence-corrected chi connectivity index (χ1v) is 8.14. The minimum Gasteiger partial charge on any atom is -0.396 e. The van der Waals surface area contributed by atoms with Gasteiger partial charge in [-0.3, -0.25) is 0 Å². The zero-order valence-corrected chi connectivity index (χ0v) is 13.2. The van der Waals surface area contributed by atoms with E-state index >= 15 is 0 Å². The van der Waals surface area contributed by atoms with E-state index in [1.54, 1.807) is 26.8 Å². The average molecular weight is 342 g/mol. The smallest absolute Gasteiger partial charge is 0.241 e. The van der Waals surface area contributed by atoms with Gasteiger partial charge >= 0.3 is 0 Å². The van der Waals surface area contributed by atoms with E-state index in [2.05, 4.69) is 20.7 Å². The largest absolute Gasteiger partial charge is 0.396 e. The maximum Gasteiger partial charge on any atom is 0.241 e. The summed E-state index contributed by atoms with van der Waals surface area (Å²) >= 11 is 4.65. The lowest BCUT2D eigenvalue weighted by atomic mass is 9.96. The van der Waals surface area contributed by atoms with Crippen LogP contribution in [0.4, 0.5) is 0 Å². The van der Waals surface area contributed by atoms with Gasteiger partial charge in [-0.05, 0) is 28.9 Å². The van der Waals surface area contributed by atoms with Crippen molar-refractivity contribution in [1.29, 1.82) is 0 Å². The molecule has 1 rings (SSSR count). The molecular weight excluding hydrogens is 326 g/mol. The third kappa shape index (κ3) is 4.03. The Kier molecular flexibility index (Phi) is 4.76. The lowest BCUT2D eigenvalue weighted by Gasteiger charge is -2.21. The van der Waals surface area contributed by atoms with Gasteiger partial charge in [-0.15, -0.1) is 11.3 Å². The third-order valence-electron chi connectivity index (χ3n) is 2.30.